The van der Waals surface area contributed by atoms with Crippen LogP contribution >= 0.6 is 0 Å². The van der Waals surface area contributed by atoms with Crippen molar-refractivity contribution in [3.05, 3.63) is 65.5 Å². The minimum Gasteiger partial charge on any atom is -0.390 e. The van der Waals surface area contributed by atoms with Crippen molar-refractivity contribution in [2.75, 3.05) is 0 Å². The van der Waals surface area contributed by atoms with Crippen LogP contribution in [0.4, 0.5) is 0 Å². The van der Waals surface area contributed by atoms with E-state index < -0.39 is 12.2 Å². The number of benzene rings is 1. The number of aliphatic hydroxyl groups is 2. The first-order chi connectivity index (χ1) is 12.6. The maximum absolute atomic E-state index is 10.5. The average molecular weight is 352 g/mol. The second-order valence-electron chi connectivity index (χ2n) is 7.80. The minimum atomic E-state index is -0.639. The van der Waals surface area contributed by atoms with Crippen molar-refractivity contribution in [1.82, 2.24) is 10.3 Å². The fourth-order valence-corrected chi connectivity index (χ4v) is 5.02. The molecule has 26 heavy (non-hydrogen) atoms. The third-order valence-electron chi connectivity index (χ3n) is 6.34. The molecule has 4 nitrogen and oxygen atoms in total. The van der Waals surface area contributed by atoms with E-state index >= 15 is 0 Å². The smallest absolute Gasteiger partial charge is 0.0845 e. The Kier molecular flexibility index (Phi) is 4.82. The summed E-state index contributed by atoms with van der Waals surface area (Å²) in [6, 6.07) is 16.8. The van der Waals surface area contributed by atoms with Crippen LogP contribution in [0.25, 0.3) is 0 Å². The fraction of sp³-hybridized carbons (Fsp3) is 0.500. The van der Waals surface area contributed by atoms with E-state index in [4.69, 9.17) is 4.98 Å². The van der Waals surface area contributed by atoms with Gasteiger partial charge in [-0.25, -0.2) is 0 Å². The molecule has 3 N–H and O–H groups in total. The highest BCUT2D eigenvalue weighted by Crippen LogP contribution is 2.53. The largest absolute Gasteiger partial charge is 0.390 e. The van der Waals surface area contributed by atoms with E-state index in [1.54, 1.807) is 0 Å². The number of pyridine rings is 1. The Hall–Kier alpha value is -1.75. The highest BCUT2D eigenvalue weighted by molar-refractivity contribution is 5.29. The first-order valence-corrected chi connectivity index (χ1v) is 9.73. The molecule has 1 heterocycles. The van der Waals surface area contributed by atoms with E-state index in [1.165, 1.54) is 5.56 Å². The first-order valence-electron chi connectivity index (χ1n) is 9.73. The van der Waals surface area contributed by atoms with Gasteiger partial charge in [-0.05, 0) is 43.4 Å². The number of fused-ring (bicyclic) bond motifs is 2. The van der Waals surface area contributed by atoms with Crippen LogP contribution in [0.1, 0.15) is 49.2 Å². The lowest BCUT2D eigenvalue weighted by Gasteiger charge is -2.39. The molecule has 0 saturated heterocycles. The van der Waals surface area contributed by atoms with Crippen LogP contribution in [0.5, 0.6) is 0 Å². The monoisotopic (exact) mass is 352 g/mol. The summed E-state index contributed by atoms with van der Waals surface area (Å²) >= 11 is 0. The maximum Gasteiger partial charge on any atom is 0.0845 e. The second-order valence-corrected chi connectivity index (χ2v) is 7.80. The Labute approximate surface area is 155 Å². The first kappa shape index (κ1) is 17.7. The summed E-state index contributed by atoms with van der Waals surface area (Å²) in [5, 5.41) is 24.7. The lowest BCUT2D eigenvalue weighted by Crippen LogP contribution is -2.50. The Morgan fingerprint density at radius 2 is 1.77 bits per heavy atom. The van der Waals surface area contributed by atoms with E-state index in [-0.39, 0.29) is 29.8 Å². The van der Waals surface area contributed by atoms with Crippen LogP contribution in [0.3, 0.4) is 0 Å². The molecule has 2 aromatic rings. The molecule has 0 spiro atoms. The minimum absolute atomic E-state index is 0.0806. The zero-order chi connectivity index (χ0) is 18.3. The Balaban J connectivity index is 1.60. The van der Waals surface area contributed by atoms with Gasteiger partial charge in [-0.2, -0.15) is 0 Å². The highest BCUT2D eigenvalue weighted by Gasteiger charge is 2.57. The van der Waals surface area contributed by atoms with Crippen molar-refractivity contribution < 1.29 is 10.2 Å². The maximum atomic E-state index is 10.5. The Morgan fingerprint density at radius 1 is 1.04 bits per heavy atom. The summed E-state index contributed by atoms with van der Waals surface area (Å²) in [5.41, 5.74) is 3.37. The fourth-order valence-electron chi connectivity index (χ4n) is 5.02. The molecule has 4 rings (SSSR count). The molecule has 2 aliphatic carbocycles. The van der Waals surface area contributed by atoms with Crippen LogP contribution < -0.4 is 5.32 Å². The van der Waals surface area contributed by atoms with Crippen molar-refractivity contribution in [3.63, 3.8) is 0 Å². The van der Waals surface area contributed by atoms with Gasteiger partial charge in [0.15, 0.2) is 0 Å². The standard InChI is InChI=1S/C22H28N2O2/c1-3-15-10-7-11-18(24-15)13(2)23-20-17-12-16(21(25)22(17)26)19(20)14-8-5-4-6-9-14/h4-11,13,16-17,19-23,25-26H,3,12H2,1-2H3/t13?,16-,17+,19+,20+,21-,22+/m1/s1. The highest BCUT2D eigenvalue weighted by atomic mass is 16.3. The molecular formula is C22H28N2O2. The van der Waals surface area contributed by atoms with Gasteiger partial charge in [0, 0.05) is 29.6 Å². The number of aryl methyl sites for hydroxylation is 1. The van der Waals surface area contributed by atoms with Crippen LogP contribution in [-0.4, -0.2) is 33.4 Å². The predicted octanol–water partition coefficient (Wildman–Crippen LogP) is 2.82. The average Bonchev–Trinajstić information content (AvgIpc) is 3.19. The van der Waals surface area contributed by atoms with Crippen molar-refractivity contribution >= 4 is 0 Å². The van der Waals surface area contributed by atoms with Gasteiger partial charge in [-0.15, -0.1) is 0 Å². The molecule has 4 heteroatoms. The summed E-state index contributed by atoms with van der Waals surface area (Å²) in [7, 11) is 0. The molecule has 0 aliphatic heterocycles. The molecular weight excluding hydrogens is 324 g/mol. The summed E-state index contributed by atoms with van der Waals surface area (Å²) in [6.07, 6.45) is 0.528. The molecule has 2 fully saturated rings. The van der Waals surface area contributed by atoms with Crippen LogP contribution in [-0.2, 0) is 6.42 Å². The number of nitrogens with zero attached hydrogens (tertiary/aromatic N) is 1. The summed E-state index contributed by atoms with van der Waals surface area (Å²) in [5.74, 6) is 0.408. The predicted molar refractivity (Wildman–Crippen MR) is 102 cm³/mol. The Morgan fingerprint density at radius 3 is 2.50 bits per heavy atom. The van der Waals surface area contributed by atoms with Crippen molar-refractivity contribution in [3.8, 4) is 0 Å². The number of nitrogens with one attached hydrogen (secondary N) is 1. The molecule has 1 unspecified atom stereocenters. The van der Waals surface area contributed by atoms with E-state index in [9.17, 15) is 10.2 Å². The number of aromatic nitrogens is 1. The zero-order valence-electron chi connectivity index (χ0n) is 15.4. The van der Waals surface area contributed by atoms with Crippen LogP contribution in [0, 0.1) is 11.8 Å². The molecule has 1 aromatic heterocycles. The van der Waals surface area contributed by atoms with Crippen LogP contribution in [0.15, 0.2) is 48.5 Å². The summed E-state index contributed by atoms with van der Waals surface area (Å²) in [6.45, 7) is 4.25. The van der Waals surface area contributed by atoms with Gasteiger partial charge in [0.05, 0.1) is 17.9 Å². The van der Waals surface area contributed by atoms with E-state index in [0.717, 1.165) is 24.2 Å². The quantitative estimate of drug-likeness (QED) is 0.774. The normalized spacial score (nSPS) is 34.2. The van der Waals surface area contributed by atoms with E-state index in [2.05, 4.69) is 61.6 Å². The molecule has 2 aliphatic rings. The number of hydrogen-bond donors (Lipinski definition) is 3. The van der Waals surface area contributed by atoms with Crippen molar-refractivity contribution in [1.29, 1.82) is 0 Å². The molecule has 1 aromatic carbocycles. The van der Waals surface area contributed by atoms with Gasteiger partial charge in [0.1, 0.15) is 0 Å². The summed E-state index contributed by atoms with van der Waals surface area (Å²) < 4.78 is 0. The Bertz CT molecular complexity index is 751. The lowest BCUT2D eigenvalue weighted by molar-refractivity contribution is -0.0349. The molecule has 7 atom stereocenters. The van der Waals surface area contributed by atoms with Gasteiger partial charge >= 0.3 is 0 Å². The second kappa shape index (κ2) is 7.10. The SMILES string of the molecule is CCc1cccc(C(C)N[C@H]2[C@@H]3C[C@@H]([C@@H](O)[C@H]3O)[C@@H]2c2ccccc2)n1. The number of rotatable bonds is 5. The number of hydrogen-bond acceptors (Lipinski definition) is 4. The lowest BCUT2D eigenvalue weighted by atomic mass is 9.77. The van der Waals surface area contributed by atoms with Crippen molar-refractivity contribution in [2.45, 2.75) is 56.9 Å². The third-order valence-corrected chi connectivity index (χ3v) is 6.34. The molecule has 2 saturated carbocycles. The van der Waals surface area contributed by atoms with Crippen LogP contribution in [0.2, 0.25) is 0 Å². The van der Waals surface area contributed by atoms with E-state index in [0.29, 0.717) is 0 Å². The van der Waals surface area contributed by atoms with Gasteiger partial charge < -0.3 is 15.5 Å². The zero-order valence-corrected chi connectivity index (χ0v) is 15.4. The van der Waals surface area contributed by atoms with Gasteiger partial charge in [0.2, 0.25) is 0 Å². The number of aliphatic hydroxyl groups excluding tert-OH is 2. The van der Waals surface area contributed by atoms with Gasteiger partial charge in [0.25, 0.3) is 0 Å². The molecule has 0 radical (unpaired) electrons. The summed E-state index contributed by atoms with van der Waals surface area (Å²) in [4.78, 5) is 4.75. The topological polar surface area (TPSA) is 65.4 Å². The van der Waals surface area contributed by atoms with Gasteiger partial charge in [-0.3, -0.25) is 4.98 Å². The molecule has 0 amide bonds. The third kappa shape index (κ3) is 2.96. The molecule has 2 bridgehead atoms. The van der Waals surface area contributed by atoms with E-state index in [1.807, 2.05) is 6.07 Å². The van der Waals surface area contributed by atoms with Gasteiger partial charge in [-0.1, -0.05) is 43.3 Å². The molecule has 138 valence electrons. The van der Waals surface area contributed by atoms with Crippen molar-refractivity contribution in [2.24, 2.45) is 11.8 Å².